The second kappa shape index (κ2) is 9.47. The van der Waals surface area contributed by atoms with Crippen molar-refractivity contribution in [2.24, 2.45) is 0 Å². The molecule has 1 saturated heterocycles. The summed E-state index contributed by atoms with van der Waals surface area (Å²) in [6.07, 6.45) is 0.872. The molecule has 7 nitrogen and oxygen atoms in total. The van der Waals surface area contributed by atoms with Gasteiger partial charge in [-0.3, -0.25) is 14.5 Å². The number of amides is 1. The van der Waals surface area contributed by atoms with Crippen LogP contribution in [0.2, 0.25) is 0 Å². The number of rotatable bonds is 6. The van der Waals surface area contributed by atoms with Gasteiger partial charge in [0.25, 0.3) is 5.78 Å². The van der Waals surface area contributed by atoms with Gasteiger partial charge in [-0.15, -0.1) is 0 Å². The van der Waals surface area contributed by atoms with Gasteiger partial charge in [0.2, 0.25) is 0 Å². The molecule has 2 heterocycles. The lowest BCUT2D eigenvalue weighted by molar-refractivity contribution is -0.132. The third-order valence-corrected chi connectivity index (χ3v) is 7.31. The third kappa shape index (κ3) is 3.89. The number of aryl methyl sites for hydroxylation is 1. The molecule has 36 heavy (non-hydrogen) atoms. The van der Waals surface area contributed by atoms with E-state index in [2.05, 4.69) is 11.9 Å². The van der Waals surface area contributed by atoms with E-state index in [1.54, 1.807) is 49.6 Å². The van der Waals surface area contributed by atoms with E-state index in [0.717, 1.165) is 22.2 Å². The average Bonchev–Trinajstić information content (AvgIpc) is 3.45. The van der Waals surface area contributed by atoms with E-state index < -0.39 is 17.7 Å². The zero-order valence-electron chi connectivity index (χ0n) is 20.0. The van der Waals surface area contributed by atoms with Crippen LogP contribution in [-0.2, 0) is 16.0 Å². The van der Waals surface area contributed by atoms with Gasteiger partial charge >= 0.3 is 5.91 Å². The van der Waals surface area contributed by atoms with Crippen LogP contribution in [0.15, 0.2) is 72.3 Å². The predicted octanol–water partition coefficient (Wildman–Crippen LogP) is 5.50. The molecule has 1 amide bonds. The lowest BCUT2D eigenvalue weighted by atomic mass is 9.94. The Bertz CT molecular complexity index is 1510. The number of para-hydroxylation sites is 1. The molecule has 5 rings (SSSR count). The van der Waals surface area contributed by atoms with Gasteiger partial charge in [-0.25, -0.2) is 4.98 Å². The van der Waals surface area contributed by atoms with Crippen molar-refractivity contribution in [3.8, 4) is 11.5 Å². The van der Waals surface area contributed by atoms with Crippen molar-refractivity contribution in [2.45, 2.75) is 19.4 Å². The number of hydrogen-bond donors (Lipinski definition) is 1. The van der Waals surface area contributed by atoms with Crippen molar-refractivity contribution in [3.05, 3.63) is 89.0 Å². The number of Topliss-reactive ketones (excluding diaryl/α,β-unsaturated/α-hetero) is 1. The highest BCUT2D eigenvalue weighted by atomic mass is 32.1. The quantitative estimate of drug-likeness (QED) is 0.214. The van der Waals surface area contributed by atoms with Crippen LogP contribution >= 0.6 is 11.3 Å². The van der Waals surface area contributed by atoms with Gasteiger partial charge in [0, 0.05) is 11.1 Å². The Balaban J connectivity index is 1.73. The monoisotopic (exact) mass is 500 g/mol. The van der Waals surface area contributed by atoms with Crippen LogP contribution in [0.25, 0.3) is 16.0 Å². The minimum Gasteiger partial charge on any atom is -0.507 e. The van der Waals surface area contributed by atoms with E-state index in [-0.39, 0.29) is 11.3 Å². The summed E-state index contributed by atoms with van der Waals surface area (Å²) in [6, 6.07) is 18.8. The van der Waals surface area contributed by atoms with Crippen molar-refractivity contribution in [3.63, 3.8) is 0 Å². The molecule has 1 fully saturated rings. The molecule has 1 aliphatic rings. The molecule has 1 atom stereocenters. The molecule has 0 bridgehead atoms. The number of benzene rings is 3. The van der Waals surface area contributed by atoms with E-state index in [1.165, 1.54) is 23.3 Å². The summed E-state index contributed by atoms with van der Waals surface area (Å²) in [5, 5.41) is 11.7. The molecule has 4 aromatic rings. The van der Waals surface area contributed by atoms with Crippen LogP contribution in [0.3, 0.4) is 0 Å². The molecular formula is C28H24N2O5S. The first-order chi connectivity index (χ1) is 17.5. The molecule has 0 saturated carbocycles. The number of carbonyl (C=O) groups excluding carboxylic acids is 2. The number of fused-ring (bicyclic) bond motifs is 1. The normalized spacial score (nSPS) is 17.1. The highest BCUT2D eigenvalue weighted by Gasteiger charge is 2.49. The highest BCUT2D eigenvalue weighted by Crippen LogP contribution is 2.46. The molecule has 0 spiro atoms. The first kappa shape index (κ1) is 23.6. The van der Waals surface area contributed by atoms with Crippen molar-refractivity contribution in [1.29, 1.82) is 0 Å². The number of thiazole rings is 1. The van der Waals surface area contributed by atoms with E-state index in [1.807, 2.05) is 24.3 Å². The van der Waals surface area contributed by atoms with Crippen LogP contribution in [0.1, 0.15) is 29.7 Å². The fourth-order valence-electron chi connectivity index (χ4n) is 4.40. The molecule has 182 valence electrons. The molecular weight excluding hydrogens is 476 g/mol. The molecule has 1 N–H and O–H groups in total. The fraction of sp³-hybridized carbons (Fsp3) is 0.179. The summed E-state index contributed by atoms with van der Waals surface area (Å²) in [7, 11) is 3.07. The van der Waals surface area contributed by atoms with Crippen LogP contribution < -0.4 is 14.4 Å². The number of aliphatic hydroxyl groups is 1. The van der Waals surface area contributed by atoms with E-state index in [9.17, 15) is 14.7 Å². The number of nitrogens with zero attached hydrogens (tertiary/aromatic N) is 2. The molecule has 0 unspecified atom stereocenters. The number of ether oxygens (including phenoxy) is 2. The zero-order chi connectivity index (χ0) is 25.4. The second-order valence-corrected chi connectivity index (χ2v) is 9.30. The first-order valence-corrected chi connectivity index (χ1v) is 12.3. The maximum atomic E-state index is 13.5. The van der Waals surface area contributed by atoms with Gasteiger partial charge in [0.15, 0.2) is 5.13 Å². The summed E-state index contributed by atoms with van der Waals surface area (Å²) < 4.78 is 11.7. The number of aliphatic hydroxyl groups excluding tert-OH is 1. The van der Waals surface area contributed by atoms with Crippen LogP contribution in [0.5, 0.6) is 11.5 Å². The highest BCUT2D eigenvalue weighted by molar-refractivity contribution is 7.22. The third-order valence-electron chi connectivity index (χ3n) is 6.30. The summed E-state index contributed by atoms with van der Waals surface area (Å²) in [5.41, 5.74) is 2.83. The smallest absolute Gasteiger partial charge is 0.301 e. The number of carbonyl (C=O) groups is 2. The Kier molecular flexibility index (Phi) is 6.20. The second-order valence-electron chi connectivity index (χ2n) is 8.29. The Morgan fingerprint density at radius 3 is 2.47 bits per heavy atom. The molecule has 1 aromatic heterocycles. The van der Waals surface area contributed by atoms with E-state index in [4.69, 9.17) is 9.47 Å². The summed E-state index contributed by atoms with van der Waals surface area (Å²) >= 11 is 1.34. The van der Waals surface area contributed by atoms with Crippen molar-refractivity contribution < 1.29 is 24.2 Å². The van der Waals surface area contributed by atoms with Crippen LogP contribution in [0.4, 0.5) is 5.13 Å². The van der Waals surface area contributed by atoms with Crippen molar-refractivity contribution >= 4 is 44.1 Å². The van der Waals surface area contributed by atoms with Crippen molar-refractivity contribution in [2.75, 3.05) is 19.1 Å². The van der Waals surface area contributed by atoms with Gasteiger partial charge in [-0.1, -0.05) is 42.5 Å². The first-order valence-electron chi connectivity index (χ1n) is 11.4. The van der Waals surface area contributed by atoms with Gasteiger partial charge in [0.1, 0.15) is 23.3 Å². The zero-order valence-corrected chi connectivity index (χ0v) is 20.8. The largest absolute Gasteiger partial charge is 0.507 e. The lowest BCUT2D eigenvalue weighted by Crippen LogP contribution is -2.29. The Labute approximate surface area is 212 Å². The molecule has 3 aromatic carbocycles. The predicted molar refractivity (Wildman–Crippen MR) is 140 cm³/mol. The van der Waals surface area contributed by atoms with Crippen LogP contribution in [-0.4, -0.2) is 36.0 Å². The SMILES string of the molecule is CCc1ccc2nc(N3C(=O)C(=O)C(=C(O)c4ccc(OC)cc4)[C@H]3c3ccccc3OC)sc2c1. The van der Waals surface area contributed by atoms with Gasteiger partial charge in [-0.2, -0.15) is 0 Å². The van der Waals surface area contributed by atoms with Gasteiger partial charge in [-0.05, 0) is 54.4 Å². The summed E-state index contributed by atoms with van der Waals surface area (Å²) in [6.45, 7) is 2.07. The van der Waals surface area contributed by atoms with E-state index >= 15 is 0 Å². The number of aromatic nitrogens is 1. The lowest BCUT2D eigenvalue weighted by Gasteiger charge is -2.24. The fourth-order valence-corrected chi connectivity index (χ4v) is 5.46. The maximum absolute atomic E-state index is 13.5. The topological polar surface area (TPSA) is 89.0 Å². The Morgan fingerprint density at radius 2 is 1.78 bits per heavy atom. The van der Waals surface area contributed by atoms with Gasteiger partial charge < -0.3 is 14.6 Å². The number of anilines is 1. The molecule has 8 heteroatoms. The Hall–Kier alpha value is -4.17. The number of hydrogen-bond acceptors (Lipinski definition) is 7. The maximum Gasteiger partial charge on any atom is 0.301 e. The standard InChI is InChI=1S/C28H24N2O5S/c1-4-16-9-14-20-22(15-16)36-28(29-20)30-24(19-7-5-6-8-21(19)35-3)23(26(32)27(30)33)25(31)17-10-12-18(34-2)13-11-17/h5-15,24,31H,4H2,1-3H3/t24-/m1/s1. The molecule has 0 radical (unpaired) electrons. The van der Waals surface area contributed by atoms with E-state index in [0.29, 0.717) is 27.8 Å². The molecule has 0 aliphatic carbocycles. The summed E-state index contributed by atoms with van der Waals surface area (Å²) in [5.74, 6) is -0.717. The van der Waals surface area contributed by atoms with Crippen LogP contribution in [0, 0.1) is 0 Å². The number of methoxy groups -OCH3 is 2. The minimum atomic E-state index is -0.922. The molecule has 1 aliphatic heterocycles. The average molecular weight is 501 g/mol. The summed E-state index contributed by atoms with van der Waals surface area (Å²) in [4.78, 5) is 33.0. The van der Waals surface area contributed by atoms with Gasteiger partial charge in [0.05, 0.1) is 30.0 Å². The van der Waals surface area contributed by atoms with Crippen molar-refractivity contribution in [1.82, 2.24) is 4.98 Å². The number of ketones is 1. The minimum absolute atomic E-state index is 0.0248. The Morgan fingerprint density at radius 1 is 1.03 bits per heavy atom.